The summed E-state index contributed by atoms with van der Waals surface area (Å²) in [6.45, 7) is 2.90. The summed E-state index contributed by atoms with van der Waals surface area (Å²) < 4.78 is 10.1. The first kappa shape index (κ1) is 21.2. The molecule has 148 valence electrons. The number of hydrogen-bond acceptors (Lipinski definition) is 5. The molecule has 0 saturated heterocycles. The minimum atomic E-state index is -1.04. The van der Waals surface area contributed by atoms with Gasteiger partial charge >= 0.3 is 5.97 Å². The Morgan fingerprint density at radius 2 is 1.79 bits per heavy atom. The Balaban J connectivity index is 1.83. The zero-order chi connectivity index (χ0) is 20.7. The van der Waals surface area contributed by atoms with E-state index >= 15 is 0 Å². The second kappa shape index (κ2) is 9.75. The van der Waals surface area contributed by atoms with E-state index in [2.05, 4.69) is 10.6 Å². The van der Waals surface area contributed by atoms with Gasteiger partial charge in [0.15, 0.2) is 6.10 Å². The fourth-order valence-corrected chi connectivity index (χ4v) is 2.42. The minimum absolute atomic E-state index is 0.362. The third-order valence-electron chi connectivity index (χ3n) is 3.88. The van der Waals surface area contributed by atoms with Gasteiger partial charge in [0.05, 0.1) is 7.11 Å². The van der Waals surface area contributed by atoms with Crippen molar-refractivity contribution >= 4 is 35.1 Å². The van der Waals surface area contributed by atoms with Crippen LogP contribution in [0.4, 0.5) is 5.69 Å². The molecule has 0 fully saturated rings. The predicted molar refractivity (Wildman–Crippen MR) is 106 cm³/mol. The first-order chi connectivity index (χ1) is 13.3. The van der Waals surface area contributed by atoms with E-state index < -0.39 is 23.9 Å². The minimum Gasteiger partial charge on any atom is -0.497 e. The molecule has 2 rings (SSSR count). The van der Waals surface area contributed by atoms with E-state index in [1.54, 1.807) is 42.5 Å². The van der Waals surface area contributed by atoms with Crippen LogP contribution in [0.15, 0.2) is 42.5 Å². The average molecular weight is 405 g/mol. The molecule has 0 bridgehead atoms. The fourth-order valence-electron chi connectivity index (χ4n) is 2.25. The normalized spacial score (nSPS) is 11.3. The molecule has 8 heteroatoms. The van der Waals surface area contributed by atoms with Crippen LogP contribution in [-0.4, -0.2) is 37.5 Å². The fraction of sp³-hybridized carbons (Fsp3) is 0.250. The van der Waals surface area contributed by atoms with Gasteiger partial charge in [-0.1, -0.05) is 17.7 Å². The summed E-state index contributed by atoms with van der Waals surface area (Å²) in [7, 11) is 1.52. The molecule has 2 amide bonds. The molecular weight excluding hydrogens is 384 g/mol. The molecule has 28 heavy (non-hydrogen) atoms. The third-order valence-corrected chi connectivity index (χ3v) is 4.12. The van der Waals surface area contributed by atoms with Gasteiger partial charge in [-0.15, -0.1) is 0 Å². The molecule has 0 aromatic heterocycles. The quantitative estimate of drug-likeness (QED) is 0.692. The molecule has 0 aliphatic carbocycles. The molecule has 0 saturated carbocycles. The Hall–Kier alpha value is -3.06. The van der Waals surface area contributed by atoms with Crippen LogP contribution in [0.3, 0.4) is 0 Å². The molecule has 0 aliphatic rings. The molecule has 0 spiro atoms. The molecule has 0 heterocycles. The van der Waals surface area contributed by atoms with E-state index in [4.69, 9.17) is 21.1 Å². The third kappa shape index (κ3) is 5.99. The second-order valence-corrected chi connectivity index (χ2v) is 6.43. The second-order valence-electron chi connectivity index (χ2n) is 5.99. The molecule has 1 atom stereocenters. The Labute approximate surface area is 168 Å². The number of nitrogens with one attached hydrogen (secondary N) is 2. The number of rotatable bonds is 7. The van der Waals surface area contributed by atoms with Crippen molar-refractivity contribution < 1.29 is 23.9 Å². The van der Waals surface area contributed by atoms with Gasteiger partial charge in [0.2, 0.25) is 0 Å². The number of aryl methyl sites for hydroxylation is 1. The van der Waals surface area contributed by atoms with Gasteiger partial charge in [-0.2, -0.15) is 0 Å². The van der Waals surface area contributed by atoms with Gasteiger partial charge in [0.1, 0.15) is 12.3 Å². The number of methoxy groups -OCH3 is 1. The number of ether oxygens (including phenoxy) is 2. The Kier molecular flexibility index (Phi) is 7.40. The van der Waals surface area contributed by atoms with Gasteiger partial charge in [-0.05, 0) is 55.8 Å². The zero-order valence-corrected chi connectivity index (χ0v) is 16.5. The lowest BCUT2D eigenvalue weighted by molar-refractivity contribution is -0.152. The van der Waals surface area contributed by atoms with Crippen LogP contribution >= 0.6 is 11.6 Å². The molecule has 2 aromatic rings. The maximum Gasteiger partial charge on any atom is 0.326 e. The van der Waals surface area contributed by atoms with Crippen LogP contribution in [-0.2, 0) is 14.3 Å². The number of esters is 1. The number of benzene rings is 2. The van der Waals surface area contributed by atoms with Crippen molar-refractivity contribution in [2.75, 3.05) is 19.0 Å². The van der Waals surface area contributed by atoms with Crippen molar-refractivity contribution in [2.45, 2.75) is 20.0 Å². The zero-order valence-electron chi connectivity index (χ0n) is 15.7. The number of amides is 2. The predicted octanol–water partition coefficient (Wildman–Crippen LogP) is 2.96. The SMILES string of the molecule is COc1ccc(C(=O)NCC(=O)OC(C)C(=O)Nc2cc(Cl)ccc2C)cc1. The lowest BCUT2D eigenvalue weighted by Crippen LogP contribution is -2.35. The Morgan fingerprint density at radius 1 is 1.11 bits per heavy atom. The van der Waals surface area contributed by atoms with Crippen LogP contribution in [0, 0.1) is 6.92 Å². The highest BCUT2D eigenvalue weighted by molar-refractivity contribution is 6.31. The van der Waals surface area contributed by atoms with Gasteiger partial charge in [0.25, 0.3) is 11.8 Å². The molecule has 7 nitrogen and oxygen atoms in total. The van der Waals surface area contributed by atoms with Crippen LogP contribution in [0.5, 0.6) is 5.75 Å². The monoisotopic (exact) mass is 404 g/mol. The summed E-state index contributed by atoms with van der Waals surface area (Å²) in [5.41, 5.74) is 1.73. The first-order valence-electron chi connectivity index (χ1n) is 8.49. The number of carbonyl (C=O) groups is 3. The maximum atomic E-state index is 12.2. The molecular formula is C20H21ClN2O5. The standard InChI is InChI=1S/C20H21ClN2O5/c1-12-4-7-15(21)10-17(12)23-19(25)13(2)28-18(24)11-22-20(26)14-5-8-16(27-3)9-6-14/h4-10,13H,11H2,1-3H3,(H,22,26)(H,23,25). The number of carbonyl (C=O) groups excluding carboxylic acids is 3. The summed E-state index contributed by atoms with van der Waals surface area (Å²) >= 11 is 5.92. The van der Waals surface area contributed by atoms with Crippen molar-refractivity contribution in [3.63, 3.8) is 0 Å². The molecule has 0 aliphatic heterocycles. The number of anilines is 1. The average Bonchev–Trinajstić information content (AvgIpc) is 2.68. The van der Waals surface area contributed by atoms with Crippen LogP contribution in [0.2, 0.25) is 5.02 Å². The van der Waals surface area contributed by atoms with Gasteiger partial charge in [-0.3, -0.25) is 14.4 Å². The van der Waals surface area contributed by atoms with Crippen LogP contribution < -0.4 is 15.4 Å². The Bertz CT molecular complexity index is 867. The van der Waals surface area contributed by atoms with E-state index in [-0.39, 0.29) is 6.54 Å². The van der Waals surface area contributed by atoms with E-state index in [1.165, 1.54) is 14.0 Å². The highest BCUT2D eigenvalue weighted by atomic mass is 35.5. The molecule has 2 N–H and O–H groups in total. The lowest BCUT2D eigenvalue weighted by atomic mass is 10.2. The summed E-state index contributed by atoms with van der Waals surface area (Å²) in [4.78, 5) is 36.1. The van der Waals surface area contributed by atoms with Crippen molar-refractivity contribution in [3.8, 4) is 5.75 Å². The topological polar surface area (TPSA) is 93.7 Å². The molecule has 1 unspecified atom stereocenters. The lowest BCUT2D eigenvalue weighted by Gasteiger charge is -2.15. The van der Waals surface area contributed by atoms with E-state index in [0.717, 1.165) is 5.56 Å². The van der Waals surface area contributed by atoms with Crippen molar-refractivity contribution in [3.05, 3.63) is 58.6 Å². The Morgan fingerprint density at radius 3 is 2.43 bits per heavy atom. The van der Waals surface area contributed by atoms with Crippen LogP contribution in [0.25, 0.3) is 0 Å². The van der Waals surface area contributed by atoms with E-state index in [0.29, 0.717) is 22.0 Å². The van der Waals surface area contributed by atoms with Gasteiger partial charge < -0.3 is 20.1 Å². The highest BCUT2D eigenvalue weighted by Gasteiger charge is 2.19. The number of halogens is 1. The summed E-state index contributed by atoms with van der Waals surface area (Å²) in [5.74, 6) is -1.05. The highest BCUT2D eigenvalue weighted by Crippen LogP contribution is 2.20. The van der Waals surface area contributed by atoms with E-state index in [1.807, 2.05) is 6.92 Å². The molecule has 0 radical (unpaired) electrons. The summed E-state index contributed by atoms with van der Waals surface area (Å²) in [5, 5.41) is 5.58. The first-order valence-corrected chi connectivity index (χ1v) is 8.86. The van der Waals surface area contributed by atoms with Crippen LogP contribution in [0.1, 0.15) is 22.8 Å². The van der Waals surface area contributed by atoms with Gasteiger partial charge in [0, 0.05) is 16.3 Å². The van der Waals surface area contributed by atoms with Crippen molar-refractivity contribution in [1.82, 2.24) is 5.32 Å². The summed E-state index contributed by atoms with van der Waals surface area (Å²) in [6.07, 6.45) is -1.04. The van der Waals surface area contributed by atoms with E-state index in [9.17, 15) is 14.4 Å². The van der Waals surface area contributed by atoms with Crippen molar-refractivity contribution in [2.24, 2.45) is 0 Å². The van der Waals surface area contributed by atoms with Gasteiger partial charge in [-0.25, -0.2) is 0 Å². The van der Waals surface area contributed by atoms with Crippen molar-refractivity contribution in [1.29, 1.82) is 0 Å². The molecule has 2 aromatic carbocycles. The maximum absolute atomic E-state index is 12.2. The smallest absolute Gasteiger partial charge is 0.326 e. The number of hydrogen-bond donors (Lipinski definition) is 2. The largest absolute Gasteiger partial charge is 0.497 e. The summed E-state index contributed by atoms with van der Waals surface area (Å²) in [6, 6.07) is 11.5.